The van der Waals surface area contributed by atoms with Crippen LogP contribution in [0.2, 0.25) is 0 Å². The summed E-state index contributed by atoms with van der Waals surface area (Å²) in [5, 5.41) is 9.28. The van der Waals surface area contributed by atoms with Crippen molar-refractivity contribution >= 4 is 5.97 Å². The molecule has 0 aliphatic heterocycles. The molecule has 0 amide bonds. The zero-order chi connectivity index (χ0) is 15.6. The molecule has 0 spiro atoms. The Morgan fingerprint density at radius 3 is 2.24 bits per heavy atom. The number of carboxylic acids is 1. The smallest absolute Gasteiger partial charge is 0.337 e. The molecule has 1 heterocycles. The van der Waals surface area contributed by atoms with E-state index in [0.717, 1.165) is 12.0 Å². The van der Waals surface area contributed by atoms with E-state index in [2.05, 4.69) is 6.92 Å². The Balaban J connectivity index is 2.46. The first-order chi connectivity index (χ1) is 9.93. The first-order valence-corrected chi connectivity index (χ1v) is 6.96. The second-order valence-electron chi connectivity index (χ2n) is 5.19. The van der Waals surface area contributed by atoms with Crippen molar-refractivity contribution in [3.63, 3.8) is 0 Å². The maximum Gasteiger partial charge on any atom is 0.337 e. The maximum absolute atomic E-state index is 12.1. The first-order valence-electron chi connectivity index (χ1n) is 6.96. The minimum absolute atomic E-state index is 0.172. The molecule has 0 saturated heterocycles. The third-order valence-corrected chi connectivity index (χ3v) is 3.75. The van der Waals surface area contributed by atoms with Crippen molar-refractivity contribution in [2.45, 2.75) is 33.7 Å². The van der Waals surface area contributed by atoms with Gasteiger partial charge in [0, 0.05) is 11.8 Å². The molecule has 0 fully saturated rings. The number of hydrogen-bond acceptors (Lipinski definition) is 2. The van der Waals surface area contributed by atoms with Gasteiger partial charge in [-0.2, -0.15) is 0 Å². The number of aromatic nitrogens is 1. The molecule has 2 aromatic rings. The fraction of sp³-hybridized carbons (Fsp3) is 0.294. The van der Waals surface area contributed by atoms with Gasteiger partial charge in [-0.1, -0.05) is 31.2 Å². The molecular formula is C17H19NO3. The van der Waals surface area contributed by atoms with Gasteiger partial charge in [0.2, 0.25) is 0 Å². The zero-order valence-electron chi connectivity index (χ0n) is 12.5. The van der Waals surface area contributed by atoms with Crippen LogP contribution in [0.5, 0.6) is 0 Å². The van der Waals surface area contributed by atoms with Crippen LogP contribution in [-0.4, -0.2) is 15.6 Å². The number of aromatic carboxylic acids is 1. The van der Waals surface area contributed by atoms with Gasteiger partial charge in [0.15, 0.2) is 0 Å². The Morgan fingerprint density at radius 2 is 1.71 bits per heavy atom. The summed E-state index contributed by atoms with van der Waals surface area (Å²) in [5.74, 6) is -1.000. The van der Waals surface area contributed by atoms with Crippen molar-refractivity contribution in [1.82, 2.24) is 4.57 Å². The Morgan fingerprint density at radius 1 is 1.14 bits per heavy atom. The van der Waals surface area contributed by atoms with Crippen molar-refractivity contribution in [1.29, 1.82) is 0 Å². The molecule has 110 valence electrons. The highest BCUT2D eigenvalue weighted by Gasteiger charge is 2.15. The van der Waals surface area contributed by atoms with Gasteiger partial charge in [0.1, 0.15) is 0 Å². The number of pyridine rings is 1. The van der Waals surface area contributed by atoms with Gasteiger partial charge >= 0.3 is 5.97 Å². The topological polar surface area (TPSA) is 59.3 Å². The Kier molecular flexibility index (Phi) is 4.26. The predicted molar refractivity (Wildman–Crippen MR) is 82.1 cm³/mol. The van der Waals surface area contributed by atoms with Crippen molar-refractivity contribution < 1.29 is 9.90 Å². The van der Waals surface area contributed by atoms with Crippen LogP contribution in [0.15, 0.2) is 35.1 Å². The Hall–Kier alpha value is -2.36. The predicted octanol–water partition coefficient (Wildman–Crippen LogP) is 2.77. The molecule has 0 aliphatic rings. The summed E-state index contributed by atoms with van der Waals surface area (Å²) in [6.45, 7) is 5.80. The second kappa shape index (κ2) is 5.95. The summed E-state index contributed by atoms with van der Waals surface area (Å²) >= 11 is 0. The monoisotopic (exact) mass is 285 g/mol. The Labute approximate surface area is 123 Å². The average molecular weight is 285 g/mol. The van der Waals surface area contributed by atoms with E-state index >= 15 is 0 Å². The standard InChI is InChI=1S/C17H19NO3/c1-4-13-5-7-14(8-6-13)10-18-12(3)16(17(20)21)11(2)9-15(18)19/h5-9H,4,10H2,1-3H3,(H,20,21). The van der Waals surface area contributed by atoms with Gasteiger partial charge in [-0.25, -0.2) is 4.79 Å². The van der Waals surface area contributed by atoms with E-state index in [1.807, 2.05) is 24.3 Å². The van der Waals surface area contributed by atoms with E-state index in [1.165, 1.54) is 16.2 Å². The molecule has 1 N–H and O–H groups in total. The lowest BCUT2D eigenvalue weighted by molar-refractivity contribution is 0.0694. The van der Waals surface area contributed by atoms with Crippen molar-refractivity contribution in [3.8, 4) is 0 Å². The molecule has 21 heavy (non-hydrogen) atoms. The summed E-state index contributed by atoms with van der Waals surface area (Å²) in [6, 6.07) is 9.40. The normalized spacial score (nSPS) is 10.6. The molecule has 0 saturated carbocycles. The number of aryl methyl sites for hydroxylation is 2. The largest absolute Gasteiger partial charge is 0.478 e. The Bertz CT molecular complexity index is 727. The molecule has 2 rings (SSSR count). The lowest BCUT2D eigenvalue weighted by Crippen LogP contribution is -2.26. The zero-order valence-corrected chi connectivity index (χ0v) is 12.5. The van der Waals surface area contributed by atoms with Crippen LogP contribution < -0.4 is 5.56 Å². The molecule has 1 aromatic carbocycles. The minimum Gasteiger partial charge on any atom is -0.478 e. The number of carbonyl (C=O) groups is 1. The SMILES string of the molecule is CCc1ccc(Cn2c(C)c(C(=O)O)c(C)cc2=O)cc1. The summed E-state index contributed by atoms with van der Waals surface area (Å²) in [5.41, 5.74) is 3.25. The first kappa shape index (κ1) is 15.0. The molecule has 0 atom stereocenters. The molecule has 4 heteroatoms. The molecule has 0 bridgehead atoms. The van der Waals surface area contributed by atoms with Crippen LogP contribution in [0.4, 0.5) is 0 Å². The molecular weight excluding hydrogens is 266 g/mol. The van der Waals surface area contributed by atoms with Gasteiger partial charge in [-0.05, 0) is 37.0 Å². The van der Waals surface area contributed by atoms with E-state index in [-0.39, 0.29) is 11.1 Å². The fourth-order valence-electron chi connectivity index (χ4n) is 2.50. The van der Waals surface area contributed by atoms with E-state index in [9.17, 15) is 14.7 Å². The maximum atomic E-state index is 12.1. The third kappa shape index (κ3) is 3.05. The van der Waals surface area contributed by atoms with Gasteiger partial charge in [0.05, 0.1) is 12.1 Å². The van der Waals surface area contributed by atoms with E-state index < -0.39 is 5.97 Å². The molecule has 0 radical (unpaired) electrons. The second-order valence-corrected chi connectivity index (χ2v) is 5.19. The molecule has 0 aliphatic carbocycles. The van der Waals surface area contributed by atoms with Crippen molar-refractivity contribution in [3.05, 3.63) is 68.6 Å². The quantitative estimate of drug-likeness (QED) is 0.939. The lowest BCUT2D eigenvalue weighted by atomic mass is 10.1. The van der Waals surface area contributed by atoms with Gasteiger partial charge in [-0.3, -0.25) is 4.79 Å². The van der Waals surface area contributed by atoms with Gasteiger partial charge < -0.3 is 9.67 Å². The highest BCUT2D eigenvalue weighted by molar-refractivity contribution is 5.90. The number of carboxylic acid groups (broad SMARTS) is 1. The van der Waals surface area contributed by atoms with Crippen LogP contribution in [0.3, 0.4) is 0 Å². The van der Waals surface area contributed by atoms with Crippen LogP contribution in [-0.2, 0) is 13.0 Å². The highest BCUT2D eigenvalue weighted by atomic mass is 16.4. The summed E-state index contributed by atoms with van der Waals surface area (Å²) in [7, 11) is 0. The number of hydrogen-bond donors (Lipinski definition) is 1. The number of nitrogens with zero attached hydrogens (tertiary/aromatic N) is 1. The van der Waals surface area contributed by atoms with Crippen LogP contribution in [0.25, 0.3) is 0 Å². The number of benzene rings is 1. The summed E-state index contributed by atoms with van der Waals surface area (Å²) in [4.78, 5) is 23.5. The average Bonchev–Trinajstić information content (AvgIpc) is 2.43. The van der Waals surface area contributed by atoms with Gasteiger partial charge in [0.25, 0.3) is 5.56 Å². The summed E-state index contributed by atoms with van der Waals surface area (Å²) in [6.07, 6.45) is 0.965. The third-order valence-electron chi connectivity index (χ3n) is 3.75. The fourth-order valence-corrected chi connectivity index (χ4v) is 2.50. The van der Waals surface area contributed by atoms with Crippen molar-refractivity contribution in [2.24, 2.45) is 0 Å². The lowest BCUT2D eigenvalue weighted by Gasteiger charge is -2.14. The molecule has 4 nitrogen and oxygen atoms in total. The summed E-state index contributed by atoms with van der Waals surface area (Å²) < 4.78 is 1.51. The van der Waals surface area contributed by atoms with Gasteiger partial charge in [-0.15, -0.1) is 0 Å². The minimum atomic E-state index is -1.000. The van der Waals surface area contributed by atoms with Crippen molar-refractivity contribution in [2.75, 3.05) is 0 Å². The highest BCUT2D eigenvalue weighted by Crippen LogP contribution is 2.13. The number of rotatable bonds is 4. The van der Waals surface area contributed by atoms with Crippen LogP contribution in [0.1, 0.15) is 39.7 Å². The van der Waals surface area contributed by atoms with E-state index in [0.29, 0.717) is 17.8 Å². The van der Waals surface area contributed by atoms with Crippen LogP contribution >= 0.6 is 0 Å². The van der Waals surface area contributed by atoms with E-state index in [4.69, 9.17) is 0 Å². The molecule has 1 aromatic heterocycles. The van der Waals surface area contributed by atoms with E-state index in [1.54, 1.807) is 13.8 Å². The molecule has 0 unspecified atom stereocenters. The van der Waals surface area contributed by atoms with Crippen LogP contribution in [0, 0.1) is 13.8 Å².